The second kappa shape index (κ2) is 5.21. The molecule has 1 aromatic heterocycles. The Hall–Kier alpha value is -1.77. The lowest BCUT2D eigenvalue weighted by Crippen LogP contribution is -2.38. The maximum absolute atomic E-state index is 14.0. The average Bonchev–Trinajstić information content (AvgIpc) is 2.94. The Labute approximate surface area is 122 Å². The number of nitrogens with zero attached hydrogens (tertiary/aromatic N) is 3. The molecular weight excluding hydrogens is 295 g/mol. The summed E-state index contributed by atoms with van der Waals surface area (Å²) in [6.45, 7) is 1.12. The molecule has 6 nitrogen and oxygen atoms in total. The van der Waals surface area contributed by atoms with Crippen molar-refractivity contribution in [2.24, 2.45) is 5.73 Å². The highest BCUT2D eigenvalue weighted by molar-refractivity contribution is 7.89. The number of aromatic nitrogens is 2. The maximum Gasteiger partial charge on any atom is 0.246 e. The van der Waals surface area contributed by atoms with Crippen LogP contribution >= 0.6 is 0 Å². The van der Waals surface area contributed by atoms with Crippen LogP contribution in [0.5, 0.6) is 0 Å². The summed E-state index contributed by atoms with van der Waals surface area (Å²) in [7, 11) is -3.87. The summed E-state index contributed by atoms with van der Waals surface area (Å²) in [6, 6.07) is 3.96. The van der Waals surface area contributed by atoms with E-state index in [0.29, 0.717) is 24.5 Å². The van der Waals surface area contributed by atoms with E-state index in [9.17, 15) is 12.8 Å². The number of imidazole rings is 1. The second-order valence-electron chi connectivity index (χ2n) is 4.84. The molecule has 1 aliphatic rings. The fourth-order valence-electron chi connectivity index (χ4n) is 2.38. The van der Waals surface area contributed by atoms with E-state index in [2.05, 4.69) is 4.98 Å². The predicted octanol–water partition coefficient (Wildman–Crippen LogP) is 0.685. The average molecular weight is 310 g/mol. The van der Waals surface area contributed by atoms with Crippen molar-refractivity contribution >= 4 is 10.0 Å². The van der Waals surface area contributed by atoms with Crippen molar-refractivity contribution in [1.29, 1.82) is 0 Å². The molecule has 0 radical (unpaired) electrons. The Balaban J connectivity index is 1.95. The molecule has 2 heterocycles. The second-order valence-corrected chi connectivity index (χ2v) is 6.75. The van der Waals surface area contributed by atoms with E-state index < -0.39 is 15.8 Å². The van der Waals surface area contributed by atoms with Gasteiger partial charge in [-0.2, -0.15) is 4.31 Å². The Bertz CT molecular complexity index is 772. The fourth-order valence-corrected chi connectivity index (χ4v) is 3.81. The molecule has 1 aromatic carbocycles. The highest BCUT2D eigenvalue weighted by Gasteiger charge is 2.30. The zero-order valence-corrected chi connectivity index (χ0v) is 12.1. The van der Waals surface area contributed by atoms with Crippen molar-refractivity contribution in [3.05, 3.63) is 47.8 Å². The van der Waals surface area contributed by atoms with Crippen LogP contribution in [0.4, 0.5) is 4.39 Å². The van der Waals surface area contributed by atoms with Crippen LogP contribution in [-0.2, 0) is 29.7 Å². The van der Waals surface area contributed by atoms with Gasteiger partial charge in [-0.05, 0) is 17.7 Å². The van der Waals surface area contributed by atoms with Crippen LogP contribution in [0.15, 0.2) is 35.5 Å². The van der Waals surface area contributed by atoms with Crippen molar-refractivity contribution in [1.82, 2.24) is 13.9 Å². The first kappa shape index (κ1) is 14.2. The van der Waals surface area contributed by atoms with Gasteiger partial charge >= 0.3 is 0 Å². The van der Waals surface area contributed by atoms with Crippen molar-refractivity contribution in [3.63, 3.8) is 0 Å². The van der Waals surface area contributed by atoms with E-state index >= 15 is 0 Å². The molecule has 0 unspecified atom stereocenters. The van der Waals surface area contributed by atoms with E-state index in [1.807, 2.05) is 4.57 Å². The molecule has 0 atom stereocenters. The third-order valence-electron chi connectivity index (χ3n) is 3.56. The van der Waals surface area contributed by atoms with Crippen LogP contribution in [-0.4, -0.2) is 28.8 Å². The van der Waals surface area contributed by atoms with Crippen molar-refractivity contribution in [2.45, 2.75) is 24.5 Å². The van der Waals surface area contributed by atoms with E-state index in [1.54, 1.807) is 12.4 Å². The molecule has 112 valence electrons. The van der Waals surface area contributed by atoms with E-state index in [4.69, 9.17) is 5.73 Å². The number of hydrogen-bond acceptors (Lipinski definition) is 4. The minimum atomic E-state index is -3.87. The minimum absolute atomic E-state index is 0.146. The molecule has 3 rings (SSSR count). The van der Waals surface area contributed by atoms with Gasteiger partial charge in [0.25, 0.3) is 0 Å². The van der Waals surface area contributed by atoms with Gasteiger partial charge in [0.2, 0.25) is 10.0 Å². The third-order valence-corrected chi connectivity index (χ3v) is 5.44. The van der Waals surface area contributed by atoms with Crippen LogP contribution in [0.3, 0.4) is 0 Å². The summed E-state index contributed by atoms with van der Waals surface area (Å²) in [5, 5.41) is 0. The zero-order chi connectivity index (χ0) is 15.0. The van der Waals surface area contributed by atoms with E-state index in [-0.39, 0.29) is 18.0 Å². The summed E-state index contributed by atoms with van der Waals surface area (Å²) in [5.74, 6) is -0.115. The van der Waals surface area contributed by atoms with Gasteiger partial charge in [-0.15, -0.1) is 0 Å². The third kappa shape index (κ3) is 2.45. The highest BCUT2D eigenvalue weighted by atomic mass is 32.2. The number of halogens is 1. The lowest BCUT2D eigenvalue weighted by Gasteiger charge is -2.27. The van der Waals surface area contributed by atoms with Gasteiger partial charge in [0, 0.05) is 32.0 Å². The molecule has 2 N–H and O–H groups in total. The number of rotatable bonds is 3. The van der Waals surface area contributed by atoms with Crippen molar-refractivity contribution < 1.29 is 12.8 Å². The number of benzene rings is 1. The molecule has 0 fully saturated rings. The van der Waals surface area contributed by atoms with Crippen molar-refractivity contribution in [3.8, 4) is 0 Å². The molecule has 1 aliphatic heterocycles. The molecule has 0 saturated heterocycles. The SMILES string of the molecule is NCc1ccc(S(=O)(=O)N2CCn3ccnc3C2)c(F)c1. The molecule has 21 heavy (non-hydrogen) atoms. The molecule has 0 bridgehead atoms. The molecule has 0 spiro atoms. The monoisotopic (exact) mass is 310 g/mol. The Morgan fingerprint density at radius 2 is 2.14 bits per heavy atom. The topological polar surface area (TPSA) is 81.2 Å². The molecule has 2 aromatic rings. The van der Waals surface area contributed by atoms with E-state index in [0.717, 1.165) is 6.07 Å². The standard InChI is InChI=1S/C13H15FN4O2S/c14-11-7-10(8-15)1-2-12(11)21(19,20)18-6-5-17-4-3-16-13(17)9-18/h1-4,7H,5-6,8-9,15H2. The van der Waals surface area contributed by atoms with Gasteiger partial charge in [0.05, 0.1) is 6.54 Å². The van der Waals surface area contributed by atoms with Gasteiger partial charge in [-0.25, -0.2) is 17.8 Å². The lowest BCUT2D eigenvalue weighted by atomic mass is 10.2. The Morgan fingerprint density at radius 1 is 1.33 bits per heavy atom. The normalized spacial score (nSPS) is 15.9. The van der Waals surface area contributed by atoms with Gasteiger partial charge in [-0.1, -0.05) is 6.07 Å². The Morgan fingerprint density at radius 3 is 2.86 bits per heavy atom. The lowest BCUT2D eigenvalue weighted by molar-refractivity contribution is 0.334. The van der Waals surface area contributed by atoms with Gasteiger partial charge < -0.3 is 10.3 Å². The predicted molar refractivity (Wildman–Crippen MR) is 74.1 cm³/mol. The van der Waals surface area contributed by atoms with Crippen LogP contribution < -0.4 is 5.73 Å². The first-order valence-electron chi connectivity index (χ1n) is 6.51. The molecular formula is C13H15FN4O2S. The summed E-state index contributed by atoms with van der Waals surface area (Å²) in [6.07, 6.45) is 3.43. The van der Waals surface area contributed by atoms with Crippen LogP contribution in [0.25, 0.3) is 0 Å². The summed E-state index contributed by atoms with van der Waals surface area (Å²) in [5.41, 5.74) is 5.98. The first-order valence-corrected chi connectivity index (χ1v) is 7.95. The molecule has 0 amide bonds. The fraction of sp³-hybridized carbons (Fsp3) is 0.308. The maximum atomic E-state index is 14.0. The zero-order valence-electron chi connectivity index (χ0n) is 11.2. The Kier molecular flexibility index (Phi) is 3.52. The van der Waals surface area contributed by atoms with Gasteiger partial charge in [0.1, 0.15) is 16.5 Å². The van der Waals surface area contributed by atoms with Crippen LogP contribution in [0.1, 0.15) is 11.4 Å². The van der Waals surface area contributed by atoms with Crippen LogP contribution in [0, 0.1) is 5.82 Å². The van der Waals surface area contributed by atoms with E-state index in [1.165, 1.54) is 16.4 Å². The smallest absolute Gasteiger partial charge is 0.246 e. The number of sulfonamides is 1. The van der Waals surface area contributed by atoms with Crippen LogP contribution in [0.2, 0.25) is 0 Å². The first-order chi connectivity index (χ1) is 10.0. The summed E-state index contributed by atoms with van der Waals surface area (Å²) >= 11 is 0. The molecule has 8 heteroatoms. The molecule has 0 aliphatic carbocycles. The summed E-state index contributed by atoms with van der Waals surface area (Å²) in [4.78, 5) is 3.79. The number of nitrogens with two attached hydrogens (primary N) is 1. The minimum Gasteiger partial charge on any atom is -0.333 e. The van der Waals surface area contributed by atoms with Gasteiger partial charge in [0.15, 0.2) is 0 Å². The molecule has 0 saturated carbocycles. The highest BCUT2D eigenvalue weighted by Crippen LogP contribution is 2.23. The largest absolute Gasteiger partial charge is 0.333 e. The number of hydrogen-bond donors (Lipinski definition) is 1. The quantitative estimate of drug-likeness (QED) is 0.904. The van der Waals surface area contributed by atoms with Gasteiger partial charge in [-0.3, -0.25) is 0 Å². The summed E-state index contributed by atoms with van der Waals surface area (Å²) < 4.78 is 42.3. The number of fused-ring (bicyclic) bond motifs is 1. The van der Waals surface area contributed by atoms with Crippen molar-refractivity contribution in [2.75, 3.05) is 6.54 Å².